The molecule has 0 heterocycles. The number of hydrogen-bond donors (Lipinski definition) is 1. The lowest BCUT2D eigenvalue weighted by atomic mass is 10.1. The summed E-state index contributed by atoms with van der Waals surface area (Å²) >= 11 is 0. The predicted molar refractivity (Wildman–Crippen MR) is 49.0 cm³/mol. The molecule has 0 bridgehead atoms. The molecule has 1 aromatic rings. The van der Waals surface area contributed by atoms with Crippen molar-refractivity contribution < 1.29 is 5.11 Å². The van der Waals surface area contributed by atoms with Gasteiger partial charge in [-0.05, 0) is 25.0 Å². The van der Waals surface area contributed by atoms with E-state index < -0.39 is 0 Å². The van der Waals surface area contributed by atoms with E-state index in [1.54, 1.807) is 6.07 Å². The third-order valence-corrected chi connectivity index (χ3v) is 1.62. The molecule has 62 valence electrons. The zero-order valence-electron chi connectivity index (χ0n) is 6.39. The van der Waals surface area contributed by atoms with E-state index in [9.17, 15) is 5.11 Å². The van der Waals surface area contributed by atoms with E-state index in [1.165, 1.54) is 5.56 Å². The minimum Gasteiger partial charge on any atom is -0.508 e. The summed E-state index contributed by atoms with van der Waals surface area (Å²) in [4.78, 5) is 0. The van der Waals surface area contributed by atoms with Gasteiger partial charge in [0.05, 0.1) is 0 Å². The largest absolute Gasteiger partial charge is 0.508 e. The second-order valence-corrected chi connectivity index (χ2v) is 2.49. The van der Waals surface area contributed by atoms with Crippen molar-refractivity contribution in [2.24, 2.45) is 0 Å². The van der Waals surface area contributed by atoms with E-state index in [2.05, 4.69) is 0 Å². The van der Waals surface area contributed by atoms with Crippen LogP contribution >= 0.6 is 0 Å². The van der Waals surface area contributed by atoms with Gasteiger partial charge in [0.2, 0.25) is 0 Å². The molecule has 11 heavy (non-hydrogen) atoms. The summed E-state index contributed by atoms with van der Waals surface area (Å²) in [7, 11) is 0. The fourth-order valence-corrected chi connectivity index (χ4v) is 0.997. The molecule has 1 aromatic carbocycles. The van der Waals surface area contributed by atoms with Crippen molar-refractivity contribution in [3.05, 3.63) is 29.3 Å². The fraction of sp³-hybridized carbons (Fsp3) is 0.400. The summed E-state index contributed by atoms with van der Waals surface area (Å²) in [5.74, 6) is 0.410. The van der Waals surface area contributed by atoms with Crippen molar-refractivity contribution >= 4 is 0 Å². The van der Waals surface area contributed by atoms with Gasteiger partial charge in [-0.15, -0.1) is 0 Å². The van der Waals surface area contributed by atoms with Gasteiger partial charge in [-0.1, -0.05) is 32.0 Å². The Morgan fingerprint density at radius 1 is 1.36 bits per heavy atom. The molecule has 0 saturated heterocycles. The van der Waals surface area contributed by atoms with Crippen LogP contribution in [0.3, 0.4) is 0 Å². The molecule has 0 atom stereocenters. The molecule has 0 aliphatic carbocycles. The Morgan fingerprint density at radius 3 is 2.45 bits per heavy atom. The number of rotatable bonds is 1. The van der Waals surface area contributed by atoms with Gasteiger partial charge in [-0.3, -0.25) is 0 Å². The Labute approximate surface area is 68.7 Å². The van der Waals surface area contributed by atoms with Gasteiger partial charge >= 0.3 is 0 Å². The lowest BCUT2D eigenvalue weighted by Crippen LogP contribution is -1.81. The van der Waals surface area contributed by atoms with E-state index >= 15 is 0 Å². The molecule has 0 unspecified atom stereocenters. The third-order valence-electron chi connectivity index (χ3n) is 1.62. The first-order valence-electron chi connectivity index (χ1n) is 3.52. The molecular formula is C10H16O. The molecule has 0 aliphatic heterocycles. The Bertz CT molecular complexity index is 228. The first kappa shape index (κ1) is 10.0. The number of aromatic hydroxyl groups is 1. The van der Waals surface area contributed by atoms with E-state index in [1.807, 2.05) is 26.0 Å². The van der Waals surface area contributed by atoms with E-state index in [0.29, 0.717) is 5.75 Å². The van der Waals surface area contributed by atoms with Gasteiger partial charge < -0.3 is 5.11 Å². The molecule has 0 fully saturated rings. The Morgan fingerprint density at radius 2 is 2.00 bits per heavy atom. The van der Waals surface area contributed by atoms with E-state index in [-0.39, 0.29) is 7.43 Å². The van der Waals surface area contributed by atoms with Crippen LogP contribution in [-0.2, 0) is 6.42 Å². The van der Waals surface area contributed by atoms with Crippen molar-refractivity contribution in [1.29, 1.82) is 0 Å². The van der Waals surface area contributed by atoms with Crippen molar-refractivity contribution in [3.63, 3.8) is 0 Å². The standard InChI is InChI=1S/C9H12O.CH4/c1-3-8-6-7(2)4-5-9(8)10;/h4-6,10H,3H2,1-2H3;1H4. The highest BCUT2D eigenvalue weighted by molar-refractivity contribution is 5.35. The minimum atomic E-state index is 0. The van der Waals surface area contributed by atoms with Crippen LogP contribution in [0.4, 0.5) is 0 Å². The van der Waals surface area contributed by atoms with Crippen LogP contribution in [0.25, 0.3) is 0 Å². The summed E-state index contributed by atoms with van der Waals surface area (Å²) in [5.41, 5.74) is 2.23. The molecule has 0 amide bonds. The predicted octanol–water partition coefficient (Wildman–Crippen LogP) is 2.90. The summed E-state index contributed by atoms with van der Waals surface area (Å²) in [5, 5.41) is 9.23. The van der Waals surface area contributed by atoms with Crippen molar-refractivity contribution in [3.8, 4) is 5.75 Å². The van der Waals surface area contributed by atoms with Crippen molar-refractivity contribution in [1.82, 2.24) is 0 Å². The molecule has 0 spiro atoms. The van der Waals surface area contributed by atoms with Crippen molar-refractivity contribution in [2.45, 2.75) is 27.7 Å². The maximum atomic E-state index is 9.23. The molecule has 1 heteroatoms. The summed E-state index contributed by atoms with van der Waals surface area (Å²) in [6.07, 6.45) is 0.896. The van der Waals surface area contributed by atoms with Crippen LogP contribution in [0.2, 0.25) is 0 Å². The van der Waals surface area contributed by atoms with Crippen LogP contribution in [0.1, 0.15) is 25.5 Å². The molecule has 0 aromatic heterocycles. The van der Waals surface area contributed by atoms with Gasteiger partial charge in [-0.25, -0.2) is 0 Å². The highest BCUT2D eigenvalue weighted by Gasteiger charge is 1.96. The van der Waals surface area contributed by atoms with Gasteiger partial charge in [0, 0.05) is 0 Å². The minimum absolute atomic E-state index is 0. The van der Waals surface area contributed by atoms with Crippen LogP contribution in [-0.4, -0.2) is 5.11 Å². The Balaban J connectivity index is 0.000001000. The van der Waals surface area contributed by atoms with Crippen LogP contribution < -0.4 is 0 Å². The smallest absolute Gasteiger partial charge is 0.118 e. The normalized spacial score (nSPS) is 8.91. The first-order chi connectivity index (χ1) is 4.74. The molecule has 1 nitrogen and oxygen atoms in total. The summed E-state index contributed by atoms with van der Waals surface area (Å²) < 4.78 is 0. The first-order valence-corrected chi connectivity index (χ1v) is 3.52. The topological polar surface area (TPSA) is 20.2 Å². The van der Waals surface area contributed by atoms with Crippen LogP contribution in [0, 0.1) is 6.92 Å². The van der Waals surface area contributed by atoms with E-state index in [4.69, 9.17) is 0 Å². The van der Waals surface area contributed by atoms with Crippen LogP contribution in [0.15, 0.2) is 18.2 Å². The lowest BCUT2D eigenvalue weighted by Gasteiger charge is -2.00. The number of phenolic OH excluding ortho intramolecular Hbond substituents is 1. The number of benzene rings is 1. The zero-order valence-corrected chi connectivity index (χ0v) is 6.39. The monoisotopic (exact) mass is 152 g/mol. The highest BCUT2D eigenvalue weighted by Crippen LogP contribution is 2.17. The summed E-state index contributed by atoms with van der Waals surface area (Å²) in [6, 6.07) is 5.66. The second kappa shape index (κ2) is 4.02. The van der Waals surface area contributed by atoms with Gasteiger partial charge in [0.1, 0.15) is 5.75 Å². The fourth-order valence-electron chi connectivity index (χ4n) is 0.997. The van der Waals surface area contributed by atoms with E-state index in [0.717, 1.165) is 12.0 Å². The molecule has 0 aliphatic rings. The van der Waals surface area contributed by atoms with Crippen molar-refractivity contribution in [2.75, 3.05) is 0 Å². The quantitative estimate of drug-likeness (QED) is 0.656. The average Bonchev–Trinajstić information content (AvgIpc) is 1.94. The molecule has 0 radical (unpaired) electrons. The SMILES string of the molecule is C.CCc1cc(C)ccc1O. The number of hydrogen-bond acceptors (Lipinski definition) is 1. The lowest BCUT2D eigenvalue weighted by molar-refractivity contribution is 0.468. The zero-order chi connectivity index (χ0) is 7.56. The molecular weight excluding hydrogens is 136 g/mol. The maximum Gasteiger partial charge on any atom is 0.118 e. The second-order valence-electron chi connectivity index (χ2n) is 2.49. The van der Waals surface area contributed by atoms with Gasteiger partial charge in [0.25, 0.3) is 0 Å². The summed E-state index contributed by atoms with van der Waals surface area (Å²) in [6.45, 7) is 4.06. The third kappa shape index (κ3) is 2.26. The molecule has 1 N–H and O–H groups in total. The molecule has 0 saturated carbocycles. The van der Waals surface area contributed by atoms with Gasteiger partial charge in [-0.2, -0.15) is 0 Å². The number of aryl methyl sites for hydroxylation is 2. The van der Waals surface area contributed by atoms with Crippen LogP contribution in [0.5, 0.6) is 5.75 Å². The average molecular weight is 152 g/mol. The van der Waals surface area contributed by atoms with Gasteiger partial charge in [0.15, 0.2) is 0 Å². The number of phenols is 1. The Hall–Kier alpha value is -0.980. The molecule has 1 rings (SSSR count). The highest BCUT2D eigenvalue weighted by atomic mass is 16.3. The Kier molecular flexibility index (Phi) is 3.66. The maximum absolute atomic E-state index is 9.23.